The molecular weight excluding hydrogens is 370 g/mol. The number of rotatable bonds is 6. The summed E-state index contributed by atoms with van der Waals surface area (Å²) < 4.78 is 0. The molecule has 0 atom stereocenters. The molecule has 0 aliphatic carbocycles. The van der Waals surface area contributed by atoms with Crippen molar-refractivity contribution in [3.8, 4) is 11.4 Å². The molecule has 0 aliphatic heterocycles. The van der Waals surface area contributed by atoms with E-state index in [9.17, 15) is 0 Å². The number of nitrogens with one attached hydrogen (secondary N) is 2. The molecular formula is C22H24ClN5. The van der Waals surface area contributed by atoms with Crippen LogP contribution in [0.25, 0.3) is 33.2 Å². The second kappa shape index (κ2) is 7.78. The molecule has 0 amide bonds. The van der Waals surface area contributed by atoms with Crippen LogP contribution in [0.5, 0.6) is 0 Å². The Morgan fingerprint density at radius 3 is 2.68 bits per heavy atom. The number of hydrogen-bond donors (Lipinski definition) is 2. The van der Waals surface area contributed by atoms with Gasteiger partial charge in [-0.05, 0) is 51.7 Å². The van der Waals surface area contributed by atoms with Crippen molar-refractivity contribution in [1.29, 1.82) is 0 Å². The Morgan fingerprint density at radius 2 is 1.86 bits per heavy atom. The first-order chi connectivity index (χ1) is 13.5. The lowest BCUT2D eigenvalue weighted by molar-refractivity contribution is 0.405. The van der Waals surface area contributed by atoms with Gasteiger partial charge in [-0.15, -0.1) is 0 Å². The summed E-state index contributed by atoms with van der Waals surface area (Å²) in [6.07, 6.45) is 2.98. The number of anilines is 1. The fourth-order valence-corrected chi connectivity index (χ4v) is 3.68. The van der Waals surface area contributed by atoms with Crippen LogP contribution in [0, 0.1) is 6.92 Å². The first-order valence-corrected chi connectivity index (χ1v) is 9.84. The van der Waals surface area contributed by atoms with E-state index < -0.39 is 0 Å². The normalized spacial score (nSPS) is 11.6. The Kier molecular flexibility index (Phi) is 5.20. The van der Waals surface area contributed by atoms with Crippen molar-refractivity contribution in [3.63, 3.8) is 0 Å². The molecule has 2 N–H and O–H groups in total. The first kappa shape index (κ1) is 18.7. The Hall–Kier alpha value is -2.63. The van der Waals surface area contributed by atoms with Crippen molar-refractivity contribution >= 4 is 39.2 Å². The van der Waals surface area contributed by atoms with Gasteiger partial charge in [-0.25, -0.2) is 9.97 Å². The van der Waals surface area contributed by atoms with Crippen molar-refractivity contribution in [2.45, 2.75) is 13.3 Å². The minimum atomic E-state index is 0.697. The number of H-pyrrole nitrogens is 1. The Morgan fingerprint density at radius 1 is 1.07 bits per heavy atom. The Labute approximate surface area is 169 Å². The number of aromatic nitrogens is 3. The molecule has 4 rings (SSSR count). The van der Waals surface area contributed by atoms with Crippen LogP contribution >= 0.6 is 11.6 Å². The van der Waals surface area contributed by atoms with Crippen LogP contribution < -0.4 is 5.32 Å². The van der Waals surface area contributed by atoms with E-state index in [1.165, 1.54) is 0 Å². The second-order valence-electron chi connectivity index (χ2n) is 7.32. The maximum absolute atomic E-state index is 6.33. The fourth-order valence-electron chi connectivity index (χ4n) is 3.46. The van der Waals surface area contributed by atoms with E-state index in [1.807, 2.05) is 24.4 Å². The zero-order chi connectivity index (χ0) is 19.7. The highest BCUT2D eigenvalue weighted by atomic mass is 35.5. The standard InChI is InChI=1S/C22H24ClN5/c1-14-7-4-9-16-19(14)26-22(27-21(16)24-11-6-12-28(2)3)17-13-25-20-15(17)8-5-10-18(20)23/h4-5,7-10,13,25H,6,11-12H2,1-3H3,(H,24,26,27). The number of aromatic amines is 1. The van der Waals surface area contributed by atoms with Crippen molar-refractivity contribution in [1.82, 2.24) is 19.9 Å². The van der Waals surface area contributed by atoms with Crippen molar-refractivity contribution in [3.05, 3.63) is 53.2 Å². The third kappa shape index (κ3) is 3.55. The van der Waals surface area contributed by atoms with Crippen molar-refractivity contribution < 1.29 is 0 Å². The van der Waals surface area contributed by atoms with Gasteiger partial charge in [0.15, 0.2) is 5.82 Å². The second-order valence-corrected chi connectivity index (χ2v) is 7.72. The zero-order valence-electron chi connectivity index (χ0n) is 16.4. The molecule has 6 heteroatoms. The molecule has 4 aromatic rings. The van der Waals surface area contributed by atoms with Gasteiger partial charge in [0.25, 0.3) is 0 Å². The molecule has 2 aromatic carbocycles. The lowest BCUT2D eigenvalue weighted by Gasteiger charge is -2.13. The van der Waals surface area contributed by atoms with Gasteiger partial charge in [0, 0.05) is 29.1 Å². The van der Waals surface area contributed by atoms with Crippen LogP contribution in [0.2, 0.25) is 5.02 Å². The first-order valence-electron chi connectivity index (χ1n) is 9.46. The fraction of sp³-hybridized carbons (Fsp3) is 0.273. The molecule has 0 aliphatic rings. The third-order valence-corrected chi connectivity index (χ3v) is 5.22. The van der Waals surface area contributed by atoms with E-state index in [-0.39, 0.29) is 0 Å². The van der Waals surface area contributed by atoms with E-state index in [1.54, 1.807) is 0 Å². The minimum absolute atomic E-state index is 0.697. The summed E-state index contributed by atoms with van der Waals surface area (Å²) in [5, 5.41) is 6.29. The average Bonchev–Trinajstić information content (AvgIpc) is 3.11. The molecule has 28 heavy (non-hydrogen) atoms. The predicted octanol–water partition coefficient (Wildman–Crippen LogP) is 5.10. The molecule has 144 valence electrons. The van der Waals surface area contributed by atoms with Crippen LogP contribution in [-0.4, -0.2) is 47.0 Å². The van der Waals surface area contributed by atoms with E-state index >= 15 is 0 Å². The van der Waals surface area contributed by atoms with E-state index in [4.69, 9.17) is 21.6 Å². The topological polar surface area (TPSA) is 56.8 Å². The van der Waals surface area contributed by atoms with E-state index in [0.717, 1.165) is 58.3 Å². The largest absolute Gasteiger partial charge is 0.369 e. The Balaban J connectivity index is 1.80. The Bertz CT molecular complexity index is 1130. The van der Waals surface area contributed by atoms with Gasteiger partial charge in [0.1, 0.15) is 5.82 Å². The SMILES string of the molecule is Cc1cccc2c(NCCCN(C)C)nc(-c3c[nH]c4c(Cl)cccc34)nc12. The van der Waals surface area contributed by atoms with Gasteiger partial charge in [0.05, 0.1) is 16.1 Å². The predicted molar refractivity (Wildman–Crippen MR) is 118 cm³/mol. The molecule has 0 fully saturated rings. The average molecular weight is 394 g/mol. The highest BCUT2D eigenvalue weighted by Gasteiger charge is 2.15. The molecule has 0 saturated heterocycles. The smallest absolute Gasteiger partial charge is 0.164 e. The number of nitrogens with zero attached hydrogens (tertiary/aromatic N) is 3. The van der Waals surface area contributed by atoms with Gasteiger partial charge in [-0.3, -0.25) is 0 Å². The number of fused-ring (bicyclic) bond motifs is 2. The van der Waals surface area contributed by atoms with E-state index in [2.05, 4.69) is 54.4 Å². The van der Waals surface area contributed by atoms with Crippen LogP contribution in [0.3, 0.4) is 0 Å². The number of hydrogen-bond acceptors (Lipinski definition) is 4. The summed E-state index contributed by atoms with van der Waals surface area (Å²) in [7, 11) is 4.17. The molecule has 0 spiro atoms. The van der Waals surface area contributed by atoms with E-state index in [0.29, 0.717) is 10.8 Å². The van der Waals surface area contributed by atoms with Gasteiger partial charge in [0.2, 0.25) is 0 Å². The third-order valence-electron chi connectivity index (χ3n) is 4.91. The summed E-state index contributed by atoms with van der Waals surface area (Å²) in [4.78, 5) is 15.2. The summed E-state index contributed by atoms with van der Waals surface area (Å²) in [6, 6.07) is 12.1. The summed E-state index contributed by atoms with van der Waals surface area (Å²) >= 11 is 6.33. The molecule has 0 unspecified atom stereocenters. The van der Waals surface area contributed by atoms with Gasteiger partial charge in [-0.1, -0.05) is 35.9 Å². The number of aryl methyl sites for hydroxylation is 1. The molecule has 2 heterocycles. The van der Waals surface area contributed by atoms with Gasteiger partial charge >= 0.3 is 0 Å². The molecule has 2 aromatic heterocycles. The minimum Gasteiger partial charge on any atom is -0.369 e. The monoisotopic (exact) mass is 393 g/mol. The van der Waals surface area contributed by atoms with Gasteiger partial charge in [-0.2, -0.15) is 0 Å². The van der Waals surface area contributed by atoms with Crippen LogP contribution in [0.4, 0.5) is 5.82 Å². The van der Waals surface area contributed by atoms with Gasteiger partial charge < -0.3 is 15.2 Å². The molecule has 5 nitrogen and oxygen atoms in total. The number of para-hydroxylation sites is 2. The van der Waals surface area contributed by atoms with Crippen LogP contribution in [0.15, 0.2) is 42.6 Å². The summed E-state index contributed by atoms with van der Waals surface area (Å²) in [5.74, 6) is 1.57. The number of benzene rings is 2. The zero-order valence-corrected chi connectivity index (χ0v) is 17.1. The van der Waals surface area contributed by atoms with Crippen LogP contribution in [-0.2, 0) is 0 Å². The van der Waals surface area contributed by atoms with Crippen molar-refractivity contribution in [2.75, 3.05) is 32.5 Å². The molecule has 0 bridgehead atoms. The highest BCUT2D eigenvalue weighted by molar-refractivity contribution is 6.35. The summed E-state index contributed by atoms with van der Waals surface area (Å²) in [6.45, 7) is 3.97. The molecule has 0 radical (unpaired) electrons. The maximum atomic E-state index is 6.33. The van der Waals surface area contributed by atoms with Crippen LogP contribution in [0.1, 0.15) is 12.0 Å². The maximum Gasteiger partial charge on any atom is 0.164 e. The lowest BCUT2D eigenvalue weighted by Crippen LogP contribution is -2.17. The molecule has 0 saturated carbocycles. The quantitative estimate of drug-likeness (QED) is 0.447. The van der Waals surface area contributed by atoms with Crippen molar-refractivity contribution in [2.24, 2.45) is 0 Å². The highest BCUT2D eigenvalue weighted by Crippen LogP contribution is 2.33. The lowest BCUT2D eigenvalue weighted by atomic mass is 10.1. The number of halogens is 1. The summed E-state index contributed by atoms with van der Waals surface area (Å²) in [5.41, 5.74) is 3.97.